The van der Waals surface area contributed by atoms with Gasteiger partial charge in [0.05, 0.1) is 6.54 Å². The standard InChI is InChI=1S/C19H24N2O2/c1-15(2)16-9-11-18(12-10-16)23-14-13-20-19(22)21(3)17-7-5-4-6-8-17/h4-12,15H,13-14H2,1-3H3,(H,20,22). The van der Waals surface area contributed by atoms with E-state index in [1.165, 1.54) is 5.56 Å². The van der Waals surface area contributed by atoms with Crippen molar-refractivity contribution in [3.63, 3.8) is 0 Å². The van der Waals surface area contributed by atoms with E-state index in [9.17, 15) is 4.79 Å². The van der Waals surface area contributed by atoms with Crippen LogP contribution in [-0.2, 0) is 0 Å². The van der Waals surface area contributed by atoms with E-state index < -0.39 is 0 Å². The Labute approximate surface area is 138 Å². The van der Waals surface area contributed by atoms with E-state index in [2.05, 4.69) is 31.3 Å². The van der Waals surface area contributed by atoms with Crippen LogP contribution >= 0.6 is 0 Å². The van der Waals surface area contributed by atoms with Crippen LogP contribution in [0.1, 0.15) is 25.3 Å². The van der Waals surface area contributed by atoms with Gasteiger partial charge in [-0.3, -0.25) is 4.90 Å². The highest BCUT2D eigenvalue weighted by atomic mass is 16.5. The van der Waals surface area contributed by atoms with Gasteiger partial charge in [0.2, 0.25) is 0 Å². The Morgan fingerprint density at radius 1 is 1.09 bits per heavy atom. The van der Waals surface area contributed by atoms with E-state index in [4.69, 9.17) is 4.74 Å². The van der Waals surface area contributed by atoms with E-state index >= 15 is 0 Å². The second-order valence-electron chi connectivity index (χ2n) is 5.70. The minimum Gasteiger partial charge on any atom is -0.492 e. The molecule has 0 radical (unpaired) electrons. The molecule has 0 aliphatic rings. The molecule has 2 amide bonds. The topological polar surface area (TPSA) is 41.6 Å². The van der Waals surface area contributed by atoms with Crippen molar-refractivity contribution in [3.8, 4) is 5.75 Å². The first-order chi connectivity index (χ1) is 11.1. The first kappa shape index (κ1) is 16.9. The van der Waals surface area contributed by atoms with Gasteiger partial charge in [0, 0.05) is 12.7 Å². The smallest absolute Gasteiger partial charge is 0.321 e. The fourth-order valence-corrected chi connectivity index (χ4v) is 2.16. The van der Waals surface area contributed by atoms with E-state index in [0.29, 0.717) is 19.1 Å². The molecule has 0 spiro atoms. The molecule has 2 aromatic carbocycles. The van der Waals surface area contributed by atoms with Crippen molar-refractivity contribution in [1.82, 2.24) is 5.32 Å². The first-order valence-corrected chi connectivity index (χ1v) is 7.87. The maximum atomic E-state index is 12.0. The lowest BCUT2D eigenvalue weighted by Crippen LogP contribution is -2.39. The number of amides is 2. The first-order valence-electron chi connectivity index (χ1n) is 7.87. The van der Waals surface area contributed by atoms with Crippen LogP contribution < -0.4 is 15.0 Å². The molecule has 2 aromatic rings. The van der Waals surface area contributed by atoms with Crippen LogP contribution in [0.25, 0.3) is 0 Å². The van der Waals surface area contributed by atoms with Gasteiger partial charge in [0.25, 0.3) is 0 Å². The largest absolute Gasteiger partial charge is 0.492 e. The quantitative estimate of drug-likeness (QED) is 0.818. The SMILES string of the molecule is CC(C)c1ccc(OCCNC(=O)N(C)c2ccccc2)cc1. The number of benzene rings is 2. The Morgan fingerprint density at radius 2 is 1.74 bits per heavy atom. The predicted molar refractivity (Wildman–Crippen MR) is 94.3 cm³/mol. The summed E-state index contributed by atoms with van der Waals surface area (Å²) in [7, 11) is 1.75. The van der Waals surface area contributed by atoms with E-state index in [-0.39, 0.29) is 6.03 Å². The molecule has 4 nitrogen and oxygen atoms in total. The van der Waals surface area contributed by atoms with Crippen LogP contribution in [0, 0.1) is 0 Å². The van der Waals surface area contributed by atoms with Crippen LogP contribution in [0.5, 0.6) is 5.75 Å². The molecule has 0 bridgehead atoms. The van der Waals surface area contributed by atoms with Gasteiger partial charge in [-0.2, -0.15) is 0 Å². The highest BCUT2D eigenvalue weighted by Crippen LogP contribution is 2.18. The summed E-state index contributed by atoms with van der Waals surface area (Å²) in [6.45, 7) is 5.22. The second kappa shape index (κ2) is 8.22. The monoisotopic (exact) mass is 312 g/mol. The Kier molecular flexibility index (Phi) is 6.03. The van der Waals surface area contributed by atoms with Crippen molar-refractivity contribution >= 4 is 11.7 Å². The third-order valence-electron chi connectivity index (χ3n) is 3.64. The van der Waals surface area contributed by atoms with Crippen molar-refractivity contribution in [2.24, 2.45) is 0 Å². The number of urea groups is 1. The summed E-state index contributed by atoms with van der Waals surface area (Å²) in [6.07, 6.45) is 0. The molecule has 0 saturated heterocycles. The molecule has 0 saturated carbocycles. The molecule has 23 heavy (non-hydrogen) atoms. The molecule has 0 fully saturated rings. The molecule has 4 heteroatoms. The fourth-order valence-electron chi connectivity index (χ4n) is 2.16. The number of anilines is 1. The lowest BCUT2D eigenvalue weighted by molar-refractivity contribution is 0.243. The van der Waals surface area contributed by atoms with E-state index in [1.54, 1.807) is 11.9 Å². The number of carbonyl (C=O) groups excluding carboxylic acids is 1. The number of carbonyl (C=O) groups is 1. The average molecular weight is 312 g/mol. The fraction of sp³-hybridized carbons (Fsp3) is 0.316. The molecular formula is C19H24N2O2. The lowest BCUT2D eigenvalue weighted by Gasteiger charge is -2.18. The van der Waals surface area contributed by atoms with Gasteiger partial charge in [-0.05, 0) is 35.7 Å². The third kappa shape index (κ3) is 5.02. The van der Waals surface area contributed by atoms with Crippen molar-refractivity contribution in [1.29, 1.82) is 0 Å². The van der Waals surface area contributed by atoms with Crippen LogP contribution in [-0.4, -0.2) is 26.2 Å². The molecule has 2 rings (SSSR count). The lowest BCUT2D eigenvalue weighted by atomic mass is 10.0. The summed E-state index contributed by atoms with van der Waals surface area (Å²) in [5.41, 5.74) is 2.14. The third-order valence-corrected chi connectivity index (χ3v) is 3.64. The summed E-state index contributed by atoms with van der Waals surface area (Å²) in [5, 5.41) is 2.84. The molecular weight excluding hydrogens is 288 g/mol. The maximum Gasteiger partial charge on any atom is 0.321 e. The Hall–Kier alpha value is -2.49. The van der Waals surface area contributed by atoms with Gasteiger partial charge in [-0.15, -0.1) is 0 Å². The van der Waals surface area contributed by atoms with Gasteiger partial charge in [0.15, 0.2) is 0 Å². The van der Waals surface area contributed by atoms with Crippen LogP contribution in [0.2, 0.25) is 0 Å². The predicted octanol–water partition coefficient (Wildman–Crippen LogP) is 4.03. The average Bonchev–Trinajstić information content (AvgIpc) is 2.59. The van der Waals surface area contributed by atoms with Crippen LogP contribution in [0.3, 0.4) is 0 Å². The molecule has 0 aliphatic carbocycles. The molecule has 1 N–H and O–H groups in total. The van der Waals surface area contributed by atoms with Crippen molar-refractivity contribution in [3.05, 3.63) is 60.2 Å². The highest BCUT2D eigenvalue weighted by Gasteiger charge is 2.09. The molecule has 122 valence electrons. The van der Waals surface area contributed by atoms with E-state index in [1.807, 2.05) is 42.5 Å². The normalized spacial score (nSPS) is 10.4. The maximum absolute atomic E-state index is 12.0. The van der Waals surface area contributed by atoms with Crippen molar-refractivity contribution < 1.29 is 9.53 Å². The molecule has 0 heterocycles. The number of rotatable bonds is 6. The summed E-state index contributed by atoms with van der Waals surface area (Å²) < 4.78 is 5.64. The summed E-state index contributed by atoms with van der Waals surface area (Å²) in [4.78, 5) is 13.6. The Balaban J connectivity index is 1.73. The van der Waals surface area contributed by atoms with Crippen LogP contribution in [0.4, 0.5) is 10.5 Å². The second-order valence-corrected chi connectivity index (χ2v) is 5.70. The summed E-state index contributed by atoms with van der Waals surface area (Å²) in [5.74, 6) is 1.33. The minimum atomic E-state index is -0.144. The summed E-state index contributed by atoms with van der Waals surface area (Å²) in [6, 6.07) is 17.5. The zero-order valence-electron chi connectivity index (χ0n) is 14.0. The van der Waals surface area contributed by atoms with Gasteiger partial charge >= 0.3 is 6.03 Å². The number of nitrogens with zero attached hydrogens (tertiary/aromatic N) is 1. The zero-order valence-corrected chi connectivity index (χ0v) is 14.0. The zero-order chi connectivity index (χ0) is 16.7. The number of hydrogen-bond acceptors (Lipinski definition) is 2. The van der Waals surface area contributed by atoms with Crippen LogP contribution in [0.15, 0.2) is 54.6 Å². The molecule has 0 aromatic heterocycles. The van der Waals surface area contributed by atoms with Crippen molar-refractivity contribution in [2.45, 2.75) is 19.8 Å². The number of hydrogen-bond donors (Lipinski definition) is 1. The summed E-state index contributed by atoms with van der Waals surface area (Å²) >= 11 is 0. The Morgan fingerprint density at radius 3 is 2.35 bits per heavy atom. The van der Waals surface area contributed by atoms with Crippen molar-refractivity contribution in [2.75, 3.05) is 25.1 Å². The molecule has 0 atom stereocenters. The molecule has 0 unspecified atom stereocenters. The number of nitrogens with one attached hydrogen (secondary N) is 1. The van der Waals surface area contributed by atoms with Gasteiger partial charge in [-0.1, -0.05) is 44.2 Å². The van der Waals surface area contributed by atoms with Gasteiger partial charge in [-0.25, -0.2) is 4.79 Å². The minimum absolute atomic E-state index is 0.144. The van der Waals surface area contributed by atoms with Gasteiger partial charge in [0.1, 0.15) is 12.4 Å². The van der Waals surface area contributed by atoms with E-state index in [0.717, 1.165) is 11.4 Å². The molecule has 0 aliphatic heterocycles. The highest BCUT2D eigenvalue weighted by molar-refractivity contribution is 5.91. The van der Waals surface area contributed by atoms with Gasteiger partial charge < -0.3 is 10.1 Å². The number of ether oxygens (including phenoxy) is 1. The Bertz CT molecular complexity index is 609. The number of para-hydroxylation sites is 1.